The van der Waals surface area contributed by atoms with E-state index in [-0.39, 0.29) is 11.9 Å². The Labute approximate surface area is 95.1 Å². The number of aromatic nitrogens is 1. The third kappa shape index (κ3) is 3.96. The van der Waals surface area contributed by atoms with E-state index in [9.17, 15) is 9.18 Å². The quantitative estimate of drug-likeness (QED) is 0.798. The van der Waals surface area contributed by atoms with Gasteiger partial charge in [-0.05, 0) is 25.3 Å². The van der Waals surface area contributed by atoms with Crippen LogP contribution in [-0.2, 0) is 0 Å². The Morgan fingerprint density at radius 2 is 2.19 bits per heavy atom. The van der Waals surface area contributed by atoms with Crippen LogP contribution in [0.25, 0.3) is 0 Å². The number of carbonyl (C=O) groups is 1. The minimum absolute atomic E-state index is 0.0868. The Morgan fingerprint density at radius 3 is 2.75 bits per heavy atom. The van der Waals surface area contributed by atoms with Crippen molar-refractivity contribution in [2.75, 3.05) is 0 Å². The third-order valence-corrected chi connectivity index (χ3v) is 2.19. The molecule has 0 aliphatic carbocycles. The lowest BCUT2D eigenvalue weighted by atomic mass is 10.1. The van der Waals surface area contributed by atoms with Crippen LogP contribution in [0.3, 0.4) is 0 Å². The average molecular weight is 224 g/mol. The van der Waals surface area contributed by atoms with Crippen molar-refractivity contribution < 1.29 is 9.18 Å². The van der Waals surface area contributed by atoms with Gasteiger partial charge in [-0.25, -0.2) is 4.98 Å². The molecule has 1 amide bonds. The highest BCUT2D eigenvalue weighted by Gasteiger charge is 2.11. The van der Waals surface area contributed by atoms with E-state index in [0.29, 0.717) is 11.5 Å². The van der Waals surface area contributed by atoms with Crippen LogP contribution >= 0.6 is 0 Å². The molecule has 0 saturated heterocycles. The topological polar surface area (TPSA) is 42.0 Å². The highest BCUT2D eigenvalue weighted by atomic mass is 19.1. The Bertz CT molecular complexity index is 366. The van der Waals surface area contributed by atoms with Crippen molar-refractivity contribution in [3.05, 3.63) is 29.8 Å². The molecular formula is C12H17FN2O. The normalized spacial score (nSPS) is 12.6. The van der Waals surface area contributed by atoms with Crippen LogP contribution in [0.4, 0.5) is 4.39 Å². The summed E-state index contributed by atoms with van der Waals surface area (Å²) in [4.78, 5) is 15.1. The molecule has 0 radical (unpaired) electrons. The van der Waals surface area contributed by atoms with Crippen LogP contribution in [0.15, 0.2) is 18.3 Å². The van der Waals surface area contributed by atoms with Crippen molar-refractivity contribution in [1.29, 1.82) is 0 Å². The highest BCUT2D eigenvalue weighted by Crippen LogP contribution is 2.06. The predicted octanol–water partition coefficient (Wildman–Crippen LogP) is 2.39. The maximum atomic E-state index is 12.8. The molecule has 1 aromatic heterocycles. The first-order valence-corrected chi connectivity index (χ1v) is 5.41. The molecule has 1 N–H and O–H groups in total. The number of carbonyl (C=O) groups excluding carboxylic acids is 1. The number of hydrogen-bond acceptors (Lipinski definition) is 2. The summed E-state index contributed by atoms with van der Waals surface area (Å²) in [5.74, 6) is -0.372. The second kappa shape index (κ2) is 5.58. The monoisotopic (exact) mass is 224 g/mol. The third-order valence-electron chi connectivity index (χ3n) is 2.19. The van der Waals surface area contributed by atoms with Gasteiger partial charge in [-0.15, -0.1) is 0 Å². The molecule has 0 aliphatic rings. The molecule has 0 aliphatic heterocycles. The highest BCUT2D eigenvalue weighted by molar-refractivity contribution is 5.94. The number of halogens is 1. The van der Waals surface area contributed by atoms with Crippen molar-refractivity contribution >= 4 is 5.91 Å². The molecule has 0 spiro atoms. The van der Waals surface area contributed by atoms with Crippen LogP contribution in [0.1, 0.15) is 37.6 Å². The fourth-order valence-electron chi connectivity index (χ4n) is 1.62. The molecule has 16 heavy (non-hydrogen) atoms. The minimum Gasteiger partial charge on any atom is -0.350 e. The summed E-state index contributed by atoms with van der Waals surface area (Å²) in [7, 11) is 0. The SMILES string of the molecule is CC(C)CC(C)NC(=O)c1ccnc(F)c1. The average Bonchev–Trinajstić information content (AvgIpc) is 2.16. The van der Waals surface area contributed by atoms with Gasteiger partial charge in [0.2, 0.25) is 5.95 Å². The largest absolute Gasteiger partial charge is 0.350 e. The summed E-state index contributed by atoms with van der Waals surface area (Å²) >= 11 is 0. The molecule has 3 nitrogen and oxygen atoms in total. The van der Waals surface area contributed by atoms with E-state index in [4.69, 9.17) is 0 Å². The summed E-state index contributed by atoms with van der Waals surface area (Å²) in [5, 5.41) is 2.82. The van der Waals surface area contributed by atoms with Crippen molar-refractivity contribution in [2.24, 2.45) is 5.92 Å². The van der Waals surface area contributed by atoms with Crippen molar-refractivity contribution in [2.45, 2.75) is 33.2 Å². The Morgan fingerprint density at radius 1 is 1.50 bits per heavy atom. The number of nitrogens with zero attached hydrogens (tertiary/aromatic N) is 1. The van der Waals surface area contributed by atoms with E-state index in [2.05, 4.69) is 24.1 Å². The predicted molar refractivity (Wildman–Crippen MR) is 60.6 cm³/mol. The van der Waals surface area contributed by atoms with Gasteiger partial charge >= 0.3 is 0 Å². The summed E-state index contributed by atoms with van der Waals surface area (Å²) < 4.78 is 12.8. The first-order chi connectivity index (χ1) is 7.49. The number of rotatable bonds is 4. The van der Waals surface area contributed by atoms with Crippen LogP contribution in [-0.4, -0.2) is 16.9 Å². The molecule has 0 aromatic carbocycles. The van der Waals surface area contributed by atoms with Gasteiger partial charge in [0.05, 0.1) is 0 Å². The summed E-state index contributed by atoms with van der Waals surface area (Å²) in [6.45, 7) is 6.12. The standard InChI is InChI=1S/C12H17FN2O/c1-8(2)6-9(3)15-12(16)10-4-5-14-11(13)7-10/h4-5,7-9H,6H2,1-3H3,(H,15,16). The summed E-state index contributed by atoms with van der Waals surface area (Å²) in [6, 6.07) is 2.72. The molecule has 88 valence electrons. The molecule has 0 bridgehead atoms. The van der Waals surface area contributed by atoms with Gasteiger partial charge in [-0.2, -0.15) is 4.39 Å². The Kier molecular flexibility index (Phi) is 4.40. The smallest absolute Gasteiger partial charge is 0.251 e. The van der Waals surface area contributed by atoms with Crippen molar-refractivity contribution in [3.8, 4) is 0 Å². The lowest BCUT2D eigenvalue weighted by molar-refractivity contribution is 0.0935. The second-order valence-electron chi connectivity index (χ2n) is 4.37. The second-order valence-corrected chi connectivity index (χ2v) is 4.37. The van der Waals surface area contributed by atoms with Gasteiger partial charge in [0.1, 0.15) is 0 Å². The molecule has 4 heteroatoms. The summed E-state index contributed by atoms with van der Waals surface area (Å²) in [6.07, 6.45) is 2.19. The maximum absolute atomic E-state index is 12.8. The Balaban J connectivity index is 2.59. The zero-order valence-corrected chi connectivity index (χ0v) is 9.83. The number of pyridine rings is 1. The van der Waals surface area contributed by atoms with Crippen molar-refractivity contribution in [1.82, 2.24) is 10.3 Å². The Hall–Kier alpha value is -1.45. The first-order valence-electron chi connectivity index (χ1n) is 5.41. The fraction of sp³-hybridized carbons (Fsp3) is 0.500. The summed E-state index contributed by atoms with van der Waals surface area (Å²) in [5.41, 5.74) is 0.308. The zero-order valence-electron chi connectivity index (χ0n) is 9.83. The van der Waals surface area contributed by atoms with Gasteiger partial charge in [-0.1, -0.05) is 13.8 Å². The van der Waals surface area contributed by atoms with Crippen molar-refractivity contribution in [3.63, 3.8) is 0 Å². The van der Waals surface area contributed by atoms with E-state index in [0.717, 1.165) is 12.5 Å². The van der Waals surface area contributed by atoms with Crippen LogP contribution < -0.4 is 5.32 Å². The van der Waals surface area contributed by atoms with E-state index in [1.165, 1.54) is 12.3 Å². The molecule has 1 rings (SSSR count). The maximum Gasteiger partial charge on any atom is 0.251 e. The molecule has 1 heterocycles. The van der Waals surface area contributed by atoms with Crippen LogP contribution in [0.2, 0.25) is 0 Å². The van der Waals surface area contributed by atoms with E-state index in [1.807, 2.05) is 6.92 Å². The number of nitrogens with one attached hydrogen (secondary N) is 1. The molecule has 0 fully saturated rings. The lowest BCUT2D eigenvalue weighted by Gasteiger charge is -2.15. The lowest BCUT2D eigenvalue weighted by Crippen LogP contribution is -2.33. The number of amides is 1. The van der Waals surface area contributed by atoms with E-state index >= 15 is 0 Å². The molecule has 1 aromatic rings. The zero-order chi connectivity index (χ0) is 12.1. The molecule has 0 saturated carbocycles. The number of hydrogen-bond donors (Lipinski definition) is 1. The minimum atomic E-state index is -0.635. The van der Waals surface area contributed by atoms with Crippen LogP contribution in [0, 0.1) is 11.9 Å². The van der Waals surface area contributed by atoms with Gasteiger partial charge < -0.3 is 5.32 Å². The first kappa shape index (κ1) is 12.6. The molecule has 1 atom stereocenters. The van der Waals surface area contributed by atoms with E-state index < -0.39 is 5.95 Å². The fourth-order valence-corrected chi connectivity index (χ4v) is 1.62. The van der Waals surface area contributed by atoms with Gasteiger partial charge in [0.15, 0.2) is 0 Å². The van der Waals surface area contributed by atoms with E-state index in [1.54, 1.807) is 0 Å². The van der Waals surface area contributed by atoms with Gasteiger partial charge in [0, 0.05) is 23.9 Å². The van der Waals surface area contributed by atoms with Gasteiger partial charge in [0.25, 0.3) is 5.91 Å². The van der Waals surface area contributed by atoms with Gasteiger partial charge in [-0.3, -0.25) is 4.79 Å². The molecular weight excluding hydrogens is 207 g/mol. The van der Waals surface area contributed by atoms with Crippen LogP contribution in [0.5, 0.6) is 0 Å². The molecule has 1 unspecified atom stereocenters.